The summed E-state index contributed by atoms with van der Waals surface area (Å²) in [6.45, 7) is 3.23. The number of hydrogen-bond donors (Lipinski definition) is 0. The minimum Gasteiger partial charge on any atom is -0.335 e. The van der Waals surface area contributed by atoms with Gasteiger partial charge in [0.2, 0.25) is 5.91 Å². The highest BCUT2D eigenvalue weighted by Crippen LogP contribution is 2.36. The maximum Gasteiger partial charge on any atom is 0.223 e. The summed E-state index contributed by atoms with van der Waals surface area (Å²) in [5.74, 6) is 1.06. The zero-order chi connectivity index (χ0) is 22.2. The van der Waals surface area contributed by atoms with Crippen LogP contribution < -0.4 is 0 Å². The number of imidazole rings is 1. The summed E-state index contributed by atoms with van der Waals surface area (Å²) in [7, 11) is 0. The number of rotatable bonds is 5. The molecule has 1 aliphatic heterocycles. The van der Waals surface area contributed by atoms with Gasteiger partial charge in [-0.05, 0) is 36.8 Å². The maximum atomic E-state index is 13.0. The quantitative estimate of drug-likeness (QED) is 0.340. The first-order chi connectivity index (χ1) is 15.5. The molecule has 0 bridgehead atoms. The van der Waals surface area contributed by atoms with Gasteiger partial charge in [-0.15, -0.1) is 0 Å². The van der Waals surface area contributed by atoms with Crippen LogP contribution in [-0.4, -0.2) is 26.9 Å². The molecule has 162 valence electrons. The van der Waals surface area contributed by atoms with E-state index in [0.29, 0.717) is 29.6 Å². The van der Waals surface area contributed by atoms with Crippen molar-refractivity contribution in [1.29, 1.82) is 0 Å². The summed E-state index contributed by atoms with van der Waals surface area (Å²) >= 11 is 13.0. The van der Waals surface area contributed by atoms with Crippen molar-refractivity contribution in [1.82, 2.24) is 14.5 Å². The molecule has 2 unspecified atom stereocenters. The Balaban J connectivity index is 1.52. The summed E-state index contributed by atoms with van der Waals surface area (Å²) in [5, 5.41) is 1.26. The molecular formula is C26H23Cl2N3O. The fourth-order valence-electron chi connectivity index (χ4n) is 4.60. The predicted molar refractivity (Wildman–Crippen MR) is 129 cm³/mol. The lowest BCUT2D eigenvalue weighted by atomic mass is 10.1. The second-order valence-corrected chi connectivity index (χ2v) is 9.09. The number of nitrogens with zero attached hydrogens (tertiary/aromatic N) is 3. The average Bonchev–Trinajstić information content (AvgIpc) is 3.37. The third-order valence-electron chi connectivity index (χ3n) is 6.34. The monoisotopic (exact) mass is 463 g/mol. The highest BCUT2D eigenvalue weighted by Gasteiger charge is 2.36. The Hall–Kier alpha value is -2.82. The lowest BCUT2D eigenvalue weighted by molar-refractivity contribution is -0.129. The van der Waals surface area contributed by atoms with Gasteiger partial charge in [0.05, 0.1) is 23.6 Å². The molecule has 1 aliphatic rings. The summed E-state index contributed by atoms with van der Waals surface area (Å²) in [5.41, 5.74) is 3.92. The number of aromatic nitrogens is 2. The molecule has 1 fully saturated rings. The van der Waals surface area contributed by atoms with Gasteiger partial charge in [0.15, 0.2) is 0 Å². The van der Waals surface area contributed by atoms with Gasteiger partial charge >= 0.3 is 0 Å². The molecule has 1 saturated heterocycles. The number of hydrogen-bond acceptors (Lipinski definition) is 2. The molecule has 5 rings (SSSR count). The summed E-state index contributed by atoms with van der Waals surface area (Å²) in [6, 6.07) is 23.8. The van der Waals surface area contributed by atoms with Crippen LogP contribution in [0.5, 0.6) is 0 Å². The van der Waals surface area contributed by atoms with E-state index in [4.69, 9.17) is 28.2 Å². The van der Waals surface area contributed by atoms with Crippen LogP contribution in [0.25, 0.3) is 11.0 Å². The third kappa shape index (κ3) is 3.78. The fraction of sp³-hybridized carbons (Fsp3) is 0.231. The van der Waals surface area contributed by atoms with E-state index in [9.17, 15) is 4.79 Å². The van der Waals surface area contributed by atoms with Gasteiger partial charge in [0.25, 0.3) is 0 Å². The minimum atomic E-state index is 0.00215. The highest BCUT2D eigenvalue weighted by molar-refractivity contribution is 6.36. The van der Waals surface area contributed by atoms with Crippen molar-refractivity contribution in [2.75, 3.05) is 6.54 Å². The minimum absolute atomic E-state index is 0.00215. The Labute approximate surface area is 197 Å². The van der Waals surface area contributed by atoms with Gasteiger partial charge in [-0.25, -0.2) is 4.98 Å². The normalized spacial score (nSPS) is 17.3. The summed E-state index contributed by atoms with van der Waals surface area (Å²) in [6.07, 6.45) is 0.441. The van der Waals surface area contributed by atoms with Crippen molar-refractivity contribution in [2.45, 2.75) is 31.8 Å². The molecule has 0 radical (unpaired) electrons. The number of likely N-dealkylation sites (tertiary alicyclic amines) is 1. The van der Waals surface area contributed by atoms with E-state index in [-0.39, 0.29) is 17.9 Å². The number of carbonyl (C=O) groups is 1. The van der Waals surface area contributed by atoms with Crippen LogP contribution in [0.2, 0.25) is 10.0 Å². The second-order valence-electron chi connectivity index (χ2n) is 8.28. The Bertz CT molecular complexity index is 1260. The van der Waals surface area contributed by atoms with Gasteiger partial charge in [-0.2, -0.15) is 0 Å². The van der Waals surface area contributed by atoms with Gasteiger partial charge in [0, 0.05) is 34.5 Å². The first-order valence-corrected chi connectivity index (χ1v) is 11.5. The van der Waals surface area contributed by atoms with Crippen LogP contribution in [0.4, 0.5) is 0 Å². The van der Waals surface area contributed by atoms with E-state index >= 15 is 0 Å². The van der Waals surface area contributed by atoms with Crippen molar-refractivity contribution in [3.05, 3.63) is 99.8 Å². The molecule has 1 amide bonds. The van der Waals surface area contributed by atoms with Crippen molar-refractivity contribution in [2.24, 2.45) is 0 Å². The van der Waals surface area contributed by atoms with E-state index in [2.05, 4.69) is 29.7 Å². The lowest BCUT2D eigenvalue weighted by Gasteiger charge is -2.25. The smallest absolute Gasteiger partial charge is 0.223 e. The van der Waals surface area contributed by atoms with Crippen LogP contribution >= 0.6 is 23.2 Å². The number of para-hydroxylation sites is 2. The molecule has 3 aromatic carbocycles. The Morgan fingerprint density at radius 3 is 2.41 bits per heavy atom. The Morgan fingerprint density at radius 2 is 1.66 bits per heavy atom. The van der Waals surface area contributed by atoms with E-state index in [1.54, 1.807) is 0 Å². The molecule has 0 spiro atoms. The summed E-state index contributed by atoms with van der Waals surface area (Å²) in [4.78, 5) is 19.9. The van der Waals surface area contributed by atoms with Crippen LogP contribution in [0.15, 0.2) is 72.8 Å². The van der Waals surface area contributed by atoms with Gasteiger partial charge in [-0.1, -0.05) is 71.7 Å². The van der Waals surface area contributed by atoms with Crippen LogP contribution in [0.3, 0.4) is 0 Å². The second kappa shape index (κ2) is 8.61. The third-order valence-corrected chi connectivity index (χ3v) is 7.04. The molecule has 32 heavy (non-hydrogen) atoms. The fourth-order valence-corrected chi connectivity index (χ4v) is 5.12. The van der Waals surface area contributed by atoms with E-state index in [1.807, 2.05) is 59.5 Å². The van der Waals surface area contributed by atoms with Crippen LogP contribution in [-0.2, 0) is 11.3 Å². The summed E-state index contributed by atoms with van der Waals surface area (Å²) < 4.78 is 2.16. The average molecular weight is 464 g/mol. The molecule has 1 aromatic heterocycles. The Morgan fingerprint density at radius 1 is 0.969 bits per heavy atom. The van der Waals surface area contributed by atoms with Crippen LogP contribution in [0.1, 0.15) is 42.3 Å². The number of carbonyl (C=O) groups excluding carboxylic acids is 1. The standard InChI is InChI=1S/C26H23Cl2N3O/c1-17(18-8-3-2-4-9-18)30-15-19(14-25(30)32)26-29-23-12-5-6-13-24(23)31(26)16-20-21(27)10-7-11-22(20)28/h2-13,17,19H,14-16H2,1H3. The number of fused-ring (bicyclic) bond motifs is 1. The molecule has 2 atom stereocenters. The number of halogens is 2. The zero-order valence-electron chi connectivity index (χ0n) is 17.7. The molecular weight excluding hydrogens is 441 g/mol. The zero-order valence-corrected chi connectivity index (χ0v) is 19.2. The molecule has 0 N–H and O–H groups in total. The first kappa shape index (κ1) is 21.0. The molecule has 0 saturated carbocycles. The van der Waals surface area contributed by atoms with Crippen molar-refractivity contribution < 1.29 is 4.79 Å². The highest BCUT2D eigenvalue weighted by atomic mass is 35.5. The van der Waals surface area contributed by atoms with E-state index in [0.717, 1.165) is 28.0 Å². The van der Waals surface area contributed by atoms with Crippen molar-refractivity contribution in [3.63, 3.8) is 0 Å². The van der Waals surface area contributed by atoms with Crippen molar-refractivity contribution in [3.8, 4) is 0 Å². The van der Waals surface area contributed by atoms with Crippen LogP contribution in [0, 0.1) is 0 Å². The molecule has 4 nitrogen and oxygen atoms in total. The maximum absolute atomic E-state index is 13.0. The Kier molecular flexibility index (Phi) is 5.66. The molecule has 4 aromatic rings. The van der Waals surface area contributed by atoms with Gasteiger partial charge in [-0.3, -0.25) is 4.79 Å². The lowest BCUT2D eigenvalue weighted by Crippen LogP contribution is -2.28. The number of benzene rings is 3. The number of amides is 1. The van der Waals surface area contributed by atoms with E-state index in [1.165, 1.54) is 0 Å². The SMILES string of the molecule is CC(c1ccccc1)N1CC(c2nc3ccccc3n2Cc2c(Cl)cccc2Cl)CC1=O. The van der Waals surface area contributed by atoms with Gasteiger partial charge < -0.3 is 9.47 Å². The van der Waals surface area contributed by atoms with Gasteiger partial charge in [0.1, 0.15) is 5.82 Å². The predicted octanol–water partition coefficient (Wildman–Crippen LogP) is 6.47. The van der Waals surface area contributed by atoms with Crippen molar-refractivity contribution >= 4 is 40.1 Å². The molecule has 0 aliphatic carbocycles. The topological polar surface area (TPSA) is 38.1 Å². The molecule has 2 heterocycles. The van der Waals surface area contributed by atoms with E-state index < -0.39 is 0 Å². The largest absolute Gasteiger partial charge is 0.335 e. The molecule has 6 heteroatoms. The first-order valence-electron chi connectivity index (χ1n) is 10.8.